The fourth-order valence-corrected chi connectivity index (χ4v) is 2.88. The van der Waals surface area contributed by atoms with Crippen molar-refractivity contribution in [2.75, 3.05) is 38.2 Å². The number of nitrogens with zero attached hydrogens (tertiary/aromatic N) is 4. The number of hydrogen-bond donors (Lipinski definition) is 0. The highest BCUT2D eigenvalue weighted by Crippen LogP contribution is 2.19. The summed E-state index contributed by atoms with van der Waals surface area (Å²) in [6, 6.07) is 14.1. The van der Waals surface area contributed by atoms with Crippen molar-refractivity contribution in [3.05, 3.63) is 53.7 Å². The maximum atomic E-state index is 9.21. The minimum absolute atomic E-state index is 0.647. The van der Waals surface area contributed by atoms with Crippen molar-refractivity contribution in [1.29, 1.82) is 5.26 Å². The van der Waals surface area contributed by atoms with E-state index >= 15 is 0 Å². The Morgan fingerprint density at radius 3 is 2.74 bits per heavy atom. The van der Waals surface area contributed by atoms with E-state index < -0.39 is 0 Å². The fraction of sp³-hybridized carbons (Fsp3) is 0.333. The number of ether oxygens (including phenoxy) is 1. The molecule has 2 heterocycles. The molecule has 1 aliphatic rings. The van der Waals surface area contributed by atoms with Gasteiger partial charge in [-0.1, -0.05) is 12.1 Å². The van der Waals surface area contributed by atoms with Crippen LogP contribution in [0.25, 0.3) is 0 Å². The Kier molecular flexibility index (Phi) is 4.74. The molecule has 1 aliphatic heterocycles. The second-order valence-electron chi connectivity index (χ2n) is 5.60. The average Bonchev–Trinajstić information content (AvgIpc) is 2.62. The Hall–Kier alpha value is -2.58. The van der Waals surface area contributed by atoms with E-state index in [0.29, 0.717) is 5.56 Å². The van der Waals surface area contributed by atoms with E-state index in [1.807, 2.05) is 18.2 Å². The van der Waals surface area contributed by atoms with Crippen molar-refractivity contribution in [2.24, 2.45) is 0 Å². The lowest BCUT2D eigenvalue weighted by atomic mass is 10.1. The van der Waals surface area contributed by atoms with Gasteiger partial charge in [0.15, 0.2) is 0 Å². The van der Waals surface area contributed by atoms with Crippen LogP contribution in [-0.2, 0) is 6.54 Å². The van der Waals surface area contributed by atoms with Gasteiger partial charge in [-0.25, -0.2) is 4.98 Å². The molecule has 3 rings (SSSR count). The SMILES string of the molecule is COc1cccc(CN2CCN(c3ncccc3C#N)CC2)c1. The molecule has 0 bridgehead atoms. The normalized spacial score (nSPS) is 15.2. The van der Waals surface area contributed by atoms with E-state index in [9.17, 15) is 5.26 Å². The molecule has 0 amide bonds. The van der Waals surface area contributed by atoms with Crippen molar-refractivity contribution in [3.63, 3.8) is 0 Å². The van der Waals surface area contributed by atoms with Gasteiger partial charge in [0.1, 0.15) is 17.6 Å². The predicted octanol–water partition coefficient (Wildman–Crippen LogP) is 2.28. The molecule has 5 nitrogen and oxygen atoms in total. The highest BCUT2D eigenvalue weighted by Gasteiger charge is 2.20. The third-order valence-corrected chi connectivity index (χ3v) is 4.12. The van der Waals surface area contributed by atoms with Gasteiger partial charge in [-0.05, 0) is 29.8 Å². The van der Waals surface area contributed by atoms with E-state index in [4.69, 9.17) is 4.74 Å². The van der Waals surface area contributed by atoms with Crippen LogP contribution in [0.3, 0.4) is 0 Å². The molecule has 1 aromatic heterocycles. The number of pyridine rings is 1. The first-order valence-corrected chi connectivity index (χ1v) is 7.75. The molecule has 2 aromatic rings. The molecule has 0 unspecified atom stereocenters. The van der Waals surface area contributed by atoms with Crippen LogP contribution in [0.1, 0.15) is 11.1 Å². The Morgan fingerprint density at radius 1 is 1.17 bits per heavy atom. The molecular weight excluding hydrogens is 288 g/mol. The lowest BCUT2D eigenvalue weighted by Gasteiger charge is -2.35. The molecule has 23 heavy (non-hydrogen) atoms. The summed E-state index contributed by atoms with van der Waals surface area (Å²) < 4.78 is 5.28. The second kappa shape index (κ2) is 7.12. The summed E-state index contributed by atoms with van der Waals surface area (Å²) in [5, 5.41) is 9.21. The number of piperazine rings is 1. The van der Waals surface area contributed by atoms with Crippen molar-refractivity contribution in [1.82, 2.24) is 9.88 Å². The van der Waals surface area contributed by atoms with Crippen LogP contribution >= 0.6 is 0 Å². The van der Waals surface area contributed by atoms with E-state index in [1.54, 1.807) is 19.4 Å². The molecule has 5 heteroatoms. The quantitative estimate of drug-likeness (QED) is 0.867. The third kappa shape index (κ3) is 3.61. The summed E-state index contributed by atoms with van der Waals surface area (Å²) in [5.74, 6) is 1.70. The Labute approximate surface area is 136 Å². The number of benzene rings is 1. The van der Waals surface area contributed by atoms with Crippen LogP contribution < -0.4 is 9.64 Å². The molecule has 1 aromatic carbocycles. The van der Waals surface area contributed by atoms with Crippen LogP contribution in [-0.4, -0.2) is 43.2 Å². The first kappa shape index (κ1) is 15.3. The number of nitriles is 1. The van der Waals surface area contributed by atoms with Crippen LogP contribution in [0.4, 0.5) is 5.82 Å². The second-order valence-corrected chi connectivity index (χ2v) is 5.60. The van der Waals surface area contributed by atoms with Gasteiger partial charge in [-0.15, -0.1) is 0 Å². The summed E-state index contributed by atoms with van der Waals surface area (Å²) in [7, 11) is 1.69. The van der Waals surface area contributed by atoms with Crippen molar-refractivity contribution >= 4 is 5.82 Å². The zero-order valence-electron chi connectivity index (χ0n) is 13.3. The molecule has 1 saturated heterocycles. The first-order chi connectivity index (χ1) is 11.3. The molecular formula is C18H20N4O. The number of rotatable bonds is 4. The largest absolute Gasteiger partial charge is 0.497 e. The van der Waals surface area contributed by atoms with E-state index in [-0.39, 0.29) is 0 Å². The minimum atomic E-state index is 0.647. The molecule has 0 spiro atoms. The highest BCUT2D eigenvalue weighted by atomic mass is 16.5. The predicted molar refractivity (Wildman–Crippen MR) is 89.4 cm³/mol. The van der Waals surface area contributed by atoms with Crippen LogP contribution in [0.5, 0.6) is 5.75 Å². The zero-order chi connectivity index (χ0) is 16.1. The molecule has 0 atom stereocenters. The Morgan fingerprint density at radius 2 is 2.00 bits per heavy atom. The van der Waals surface area contributed by atoms with Crippen LogP contribution in [0, 0.1) is 11.3 Å². The van der Waals surface area contributed by atoms with Crippen LogP contribution in [0.2, 0.25) is 0 Å². The molecule has 1 fully saturated rings. The van der Waals surface area contributed by atoms with Crippen LogP contribution in [0.15, 0.2) is 42.6 Å². The lowest BCUT2D eigenvalue weighted by Crippen LogP contribution is -2.46. The van der Waals surface area contributed by atoms with Gasteiger partial charge in [0, 0.05) is 38.9 Å². The molecule has 0 radical (unpaired) electrons. The van der Waals surface area contributed by atoms with E-state index in [0.717, 1.165) is 44.3 Å². The van der Waals surface area contributed by atoms with Gasteiger partial charge >= 0.3 is 0 Å². The third-order valence-electron chi connectivity index (χ3n) is 4.12. The fourth-order valence-electron chi connectivity index (χ4n) is 2.88. The standard InChI is InChI=1S/C18H20N4O/c1-23-17-6-2-4-15(12-17)14-21-8-10-22(11-9-21)18-16(13-19)5-3-7-20-18/h2-7,12H,8-11,14H2,1H3. The zero-order valence-corrected chi connectivity index (χ0v) is 13.3. The smallest absolute Gasteiger partial charge is 0.146 e. The molecule has 118 valence electrons. The average molecular weight is 308 g/mol. The first-order valence-electron chi connectivity index (χ1n) is 7.75. The van der Waals surface area contributed by atoms with Crippen molar-refractivity contribution in [3.8, 4) is 11.8 Å². The van der Waals surface area contributed by atoms with Gasteiger partial charge in [-0.2, -0.15) is 5.26 Å². The molecule has 0 saturated carbocycles. The number of hydrogen-bond acceptors (Lipinski definition) is 5. The maximum Gasteiger partial charge on any atom is 0.146 e. The van der Waals surface area contributed by atoms with Gasteiger partial charge < -0.3 is 9.64 Å². The van der Waals surface area contributed by atoms with Crippen molar-refractivity contribution < 1.29 is 4.74 Å². The Bertz CT molecular complexity index is 702. The van der Waals surface area contributed by atoms with E-state index in [2.05, 4.69) is 33.0 Å². The van der Waals surface area contributed by atoms with Gasteiger partial charge in [0.2, 0.25) is 0 Å². The summed E-state index contributed by atoms with van der Waals surface area (Å²) in [6.07, 6.45) is 1.75. The van der Waals surface area contributed by atoms with Gasteiger partial charge in [0.05, 0.1) is 12.7 Å². The summed E-state index contributed by atoms with van der Waals surface area (Å²) in [4.78, 5) is 8.99. The number of anilines is 1. The molecule has 0 N–H and O–H groups in total. The molecule has 0 aliphatic carbocycles. The lowest BCUT2D eigenvalue weighted by molar-refractivity contribution is 0.249. The Balaban J connectivity index is 1.61. The van der Waals surface area contributed by atoms with Gasteiger partial charge in [-0.3, -0.25) is 4.90 Å². The van der Waals surface area contributed by atoms with Crippen molar-refractivity contribution in [2.45, 2.75) is 6.54 Å². The number of aromatic nitrogens is 1. The summed E-state index contributed by atoms with van der Waals surface area (Å²) in [5.41, 5.74) is 1.90. The number of methoxy groups -OCH3 is 1. The topological polar surface area (TPSA) is 52.4 Å². The maximum absolute atomic E-state index is 9.21. The monoisotopic (exact) mass is 308 g/mol. The summed E-state index contributed by atoms with van der Waals surface area (Å²) >= 11 is 0. The van der Waals surface area contributed by atoms with E-state index in [1.165, 1.54) is 5.56 Å². The summed E-state index contributed by atoms with van der Waals surface area (Å²) in [6.45, 7) is 4.60. The highest BCUT2D eigenvalue weighted by molar-refractivity contribution is 5.53. The minimum Gasteiger partial charge on any atom is -0.497 e. The van der Waals surface area contributed by atoms with Gasteiger partial charge in [0.25, 0.3) is 0 Å².